The lowest BCUT2D eigenvalue weighted by molar-refractivity contribution is -0.147. The third-order valence-electron chi connectivity index (χ3n) is 2.92. The van der Waals surface area contributed by atoms with Gasteiger partial charge in [0.15, 0.2) is 5.54 Å². The molecule has 2 rings (SSSR count). The molecule has 6 heteroatoms. The van der Waals surface area contributed by atoms with Crippen molar-refractivity contribution in [1.82, 2.24) is 10.6 Å². The first kappa shape index (κ1) is 13.1. The van der Waals surface area contributed by atoms with Crippen molar-refractivity contribution < 1.29 is 19.1 Å². The molecule has 0 aliphatic carbocycles. The van der Waals surface area contributed by atoms with Gasteiger partial charge in [-0.2, -0.15) is 0 Å². The molecule has 3 amide bonds. The standard InChI is InChI=1S/C13H14N2O4/c1-2-19-10(16)8-13(9-6-4-3-5-7-9)11(17)14-12(18)15-13/h3-7H,2,8H2,1H3,(H2,14,15,17,18)/t13-/m0/s1. The number of imide groups is 1. The average Bonchev–Trinajstić information content (AvgIpc) is 2.66. The first-order valence-corrected chi connectivity index (χ1v) is 5.93. The van der Waals surface area contributed by atoms with Crippen molar-refractivity contribution in [2.24, 2.45) is 0 Å². The Morgan fingerprint density at radius 2 is 1.95 bits per heavy atom. The summed E-state index contributed by atoms with van der Waals surface area (Å²) in [6.07, 6.45) is -0.234. The minimum Gasteiger partial charge on any atom is -0.466 e. The highest BCUT2D eigenvalue weighted by molar-refractivity contribution is 6.08. The zero-order chi connectivity index (χ0) is 13.9. The maximum absolute atomic E-state index is 12.0. The molecule has 0 saturated carbocycles. The van der Waals surface area contributed by atoms with Crippen LogP contribution in [0.15, 0.2) is 30.3 Å². The van der Waals surface area contributed by atoms with E-state index in [-0.39, 0.29) is 13.0 Å². The van der Waals surface area contributed by atoms with Gasteiger partial charge in [-0.05, 0) is 12.5 Å². The van der Waals surface area contributed by atoms with Gasteiger partial charge in [-0.1, -0.05) is 30.3 Å². The van der Waals surface area contributed by atoms with Crippen molar-refractivity contribution in [3.05, 3.63) is 35.9 Å². The first-order valence-electron chi connectivity index (χ1n) is 5.93. The SMILES string of the molecule is CCOC(=O)C[C@@]1(c2ccccc2)NC(=O)NC1=O. The van der Waals surface area contributed by atoms with E-state index in [1.807, 2.05) is 0 Å². The number of amides is 3. The lowest BCUT2D eigenvalue weighted by Gasteiger charge is -2.25. The Balaban J connectivity index is 2.37. The van der Waals surface area contributed by atoms with Crippen molar-refractivity contribution in [2.75, 3.05) is 6.61 Å². The number of ether oxygens (including phenoxy) is 1. The summed E-state index contributed by atoms with van der Waals surface area (Å²) >= 11 is 0. The number of carbonyl (C=O) groups is 3. The second-order valence-corrected chi connectivity index (χ2v) is 4.16. The van der Waals surface area contributed by atoms with Gasteiger partial charge in [0.2, 0.25) is 0 Å². The van der Waals surface area contributed by atoms with E-state index in [4.69, 9.17) is 4.74 Å². The molecule has 0 radical (unpaired) electrons. The van der Waals surface area contributed by atoms with Crippen LogP contribution in [0.5, 0.6) is 0 Å². The van der Waals surface area contributed by atoms with Crippen LogP contribution in [0.4, 0.5) is 4.79 Å². The highest BCUT2D eigenvalue weighted by atomic mass is 16.5. The van der Waals surface area contributed by atoms with E-state index in [1.165, 1.54) is 0 Å². The molecule has 0 unspecified atom stereocenters. The lowest BCUT2D eigenvalue weighted by atomic mass is 9.87. The summed E-state index contributed by atoms with van der Waals surface area (Å²) in [5.41, 5.74) is -0.837. The van der Waals surface area contributed by atoms with E-state index >= 15 is 0 Å². The average molecular weight is 262 g/mol. The second-order valence-electron chi connectivity index (χ2n) is 4.16. The predicted molar refractivity (Wildman–Crippen MR) is 66.0 cm³/mol. The molecule has 1 heterocycles. The van der Waals surface area contributed by atoms with Crippen LogP contribution < -0.4 is 10.6 Å². The van der Waals surface area contributed by atoms with Gasteiger partial charge in [0.25, 0.3) is 5.91 Å². The molecular weight excluding hydrogens is 248 g/mol. The van der Waals surface area contributed by atoms with E-state index in [0.29, 0.717) is 5.56 Å². The number of hydrogen-bond donors (Lipinski definition) is 2. The highest BCUT2D eigenvalue weighted by Gasteiger charge is 2.49. The van der Waals surface area contributed by atoms with E-state index in [9.17, 15) is 14.4 Å². The molecule has 1 aliphatic rings. The summed E-state index contributed by atoms with van der Waals surface area (Å²) in [5, 5.41) is 4.68. The summed E-state index contributed by atoms with van der Waals surface area (Å²) in [6.45, 7) is 1.90. The first-order chi connectivity index (χ1) is 9.08. The number of hydrogen-bond acceptors (Lipinski definition) is 4. The molecule has 1 atom stereocenters. The fourth-order valence-corrected chi connectivity index (χ4v) is 2.07. The van der Waals surface area contributed by atoms with Gasteiger partial charge in [0.05, 0.1) is 13.0 Å². The van der Waals surface area contributed by atoms with Crippen LogP contribution in [0, 0.1) is 0 Å². The van der Waals surface area contributed by atoms with Gasteiger partial charge in [0.1, 0.15) is 0 Å². The Morgan fingerprint density at radius 1 is 1.26 bits per heavy atom. The zero-order valence-corrected chi connectivity index (χ0v) is 10.4. The second kappa shape index (κ2) is 5.09. The predicted octanol–water partition coefficient (Wildman–Crippen LogP) is 0.674. The Kier molecular flexibility index (Phi) is 3.50. The van der Waals surface area contributed by atoms with Crippen LogP contribution in [0.2, 0.25) is 0 Å². The number of esters is 1. The molecule has 100 valence electrons. The molecule has 1 aromatic carbocycles. The van der Waals surface area contributed by atoms with Gasteiger partial charge >= 0.3 is 12.0 Å². The van der Waals surface area contributed by atoms with Crippen LogP contribution in [-0.4, -0.2) is 24.5 Å². The Labute approximate surface area is 110 Å². The highest BCUT2D eigenvalue weighted by Crippen LogP contribution is 2.29. The monoisotopic (exact) mass is 262 g/mol. The molecule has 19 heavy (non-hydrogen) atoms. The third kappa shape index (κ3) is 2.42. The third-order valence-corrected chi connectivity index (χ3v) is 2.92. The van der Waals surface area contributed by atoms with Gasteiger partial charge in [-0.25, -0.2) is 4.79 Å². The maximum atomic E-state index is 12.0. The van der Waals surface area contributed by atoms with Crippen molar-refractivity contribution in [3.8, 4) is 0 Å². The largest absolute Gasteiger partial charge is 0.466 e. The van der Waals surface area contributed by atoms with Crippen LogP contribution in [0.1, 0.15) is 18.9 Å². The molecule has 1 aliphatic heterocycles. The van der Waals surface area contributed by atoms with Gasteiger partial charge < -0.3 is 10.1 Å². The molecule has 2 N–H and O–H groups in total. The molecule has 1 fully saturated rings. The summed E-state index contributed by atoms with van der Waals surface area (Å²) in [4.78, 5) is 35.1. The molecule has 0 aromatic heterocycles. The Bertz CT molecular complexity index is 515. The quantitative estimate of drug-likeness (QED) is 0.617. The fourth-order valence-electron chi connectivity index (χ4n) is 2.07. The van der Waals surface area contributed by atoms with Crippen molar-refractivity contribution >= 4 is 17.9 Å². The Hall–Kier alpha value is -2.37. The van der Waals surface area contributed by atoms with E-state index in [2.05, 4.69) is 10.6 Å². The van der Waals surface area contributed by atoms with Crippen LogP contribution in [0.3, 0.4) is 0 Å². The minimum atomic E-state index is -1.38. The molecule has 6 nitrogen and oxygen atoms in total. The van der Waals surface area contributed by atoms with Crippen LogP contribution >= 0.6 is 0 Å². The molecule has 0 bridgehead atoms. The van der Waals surface area contributed by atoms with Gasteiger partial charge in [-0.3, -0.25) is 14.9 Å². The van der Waals surface area contributed by atoms with Crippen LogP contribution in [-0.2, 0) is 19.9 Å². The molecule has 1 saturated heterocycles. The van der Waals surface area contributed by atoms with Crippen molar-refractivity contribution in [1.29, 1.82) is 0 Å². The molecule has 1 aromatic rings. The Morgan fingerprint density at radius 3 is 2.47 bits per heavy atom. The summed E-state index contributed by atoms with van der Waals surface area (Å²) in [7, 11) is 0. The molecular formula is C13H14N2O4. The van der Waals surface area contributed by atoms with E-state index in [0.717, 1.165) is 0 Å². The number of carbonyl (C=O) groups excluding carboxylic acids is 3. The topological polar surface area (TPSA) is 84.5 Å². The number of nitrogens with one attached hydrogen (secondary N) is 2. The van der Waals surface area contributed by atoms with Gasteiger partial charge in [0, 0.05) is 0 Å². The normalized spacial score (nSPS) is 21.7. The lowest BCUT2D eigenvalue weighted by Crippen LogP contribution is -2.45. The summed E-state index contributed by atoms with van der Waals surface area (Å²) < 4.78 is 4.86. The summed E-state index contributed by atoms with van der Waals surface area (Å²) in [6, 6.07) is 8.02. The van der Waals surface area contributed by atoms with E-state index in [1.54, 1.807) is 37.3 Å². The van der Waals surface area contributed by atoms with Gasteiger partial charge in [-0.15, -0.1) is 0 Å². The number of benzene rings is 1. The smallest absolute Gasteiger partial charge is 0.322 e. The van der Waals surface area contributed by atoms with Crippen molar-refractivity contribution in [2.45, 2.75) is 18.9 Å². The van der Waals surface area contributed by atoms with Crippen molar-refractivity contribution in [3.63, 3.8) is 0 Å². The zero-order valence-electron chi connectivity index (χ0n) is 10.4. The summed E-state index contributed by atoms with van der Waals surface area (Å²) in [5.74, 6) is -1.08. The maximum Gasteiger partial charge on any atom is 0.322 e. The number of rotatable bonds is 4. The minimum absolute atomic E-state index is 0.221. The van der Waals surface area contributed by atoms with E-state index < -0.39 is 23.4 Å². The fraction of sp³-hybridized carbons (Fsp3) is 0.308. The van der Waals surface area contributed by atoms with Crippen LogP contribution in [0.25, 0.3) is 0 Å². The number of urea groups is 1. The molecule has 0 spiro atoms.